The van der Waals surface area contributed by atoms with Crippen molar-refractivity contribution in [3.8, 4) is 11.5 Å². The Hall–Kier alpha value is -1.62. The van der Waals surface area contributed by atoms with E-state index in [0.29, 0.717) is 29.7 Å². The van der Waals surface area contributed by atoms with E-state index in [1.807, 2.05) is 37.3 Å². The van der Waals surface area contributed by atoms with Gasteiger partial charge in [-0.1, -0.05) is 23.7 Å². The molecule has 1 aromatic heterocycles. The molecule has 0 unspecified atom stereocenters. The van der Waals surface area contributed by atoms with Crippen molar-refractivity contribution < 1.29 is 9.47 Å². The van der Waals surface area contributed by atoms with Gasteiger partial charge in [-0.15, -0.1) is 0 Å². The number of hydrogen-bond acceptors (Lipinski definition) is 4. The van der Waals surface area contributed by atoms with E-state index in [-0.39, 0.29) is 0 Å². The highest BCUT2D eigenvalue weighted by Crippen LogP contribution is 2.32. The van der Waals surface area contributed by atoms with Crippen LogP contribution in [0.3, 0.4) is 0 Å². The van der Waals surface area contributed by atoms with Crippen molar-refractivity contribution in [1.29, 1.82) is 0 Å². The lowest BCUT2D eigenvalue weighted by Gasteiger charge is -2.13. The minimum atomic E-state index is 0.585. The Morgan fingerprint density at radius 3 is 2.81 bits per heavy atom. The average molecular weight is 307 g/mol. The molecule has 1 aromatic carbocycles. The topological polar surface area (TPSA) is 43.4 Å². The van der Waals surface area contributed by atoms with Crippen LogP contribution in [0.1, 0.15) is 11.3 Å². The normalized spacial score (nSPS) is 10.6. The van der Waals surface area contributed by atoms with Crippen LogP contribution in [0.25, 0.3) is 0 Å². The van der Waals surface area contributed by atoms with Crippen LogP contribution in [-0.2, 0) is 11.3 Å². The summed E-state index contributed by atoms with van der Waals surface area (Å²) in [4.78, 5) is 4.22. The van der Waals surface area contributed by atoms with Gasteiger partial charge in [0, 0.05) is 31.5 Å². The maximum atomic E-state index is 6.25. The summed E-state index contributed by atoms with van der Waals surface area (Å²) in [6.45, 7) is 4.04. The number of methoxy groups -OCH3 is 1. The molecule has 2 rings (SSSR count). The third kappa shape index (κ3) is 4.70. The van der Waals surface area contributed by atoms with Crippen LogP contribution in [0.15, 0.2) is 36.5 Å². The van der Waals surface area contributed by atoms with E-state index in [2.05, 4.69) is 10.3 Å². The van der Waals surface area contributed by atoms with Gasteiger partial charge in [-0.3, -0.25) is 4.98 Å². The highest BCUT2D eigenvalue weighted by atomic mass is 35.5. The van der Waals surface area contributed by atoms with Gasteiger partial charge in [0.15, 0.2) is 5.75 Å². The number of pyridine rings is 1. The van der Waals surface area contributed by atoms with Crippen LogP contribution in [0.2, 0.25) is 5.02 Å². The Kier molecular flexibility index (Phi) is 5.99. The number of benzene rings is 1. The summed E-state index contributed by atoms with van der Waals surface area (Å²) < 4.78 is 10.9. The molecule has 0 aliphatic rings. The van der Waals surface area contributed by atoms with E-state index in [4.69, 9.17) is 21.1 Å². The fraction of sp³-hybridized carbons (Fsp3) is 0.312. The predicted molar refractivity (Wildman–Crippen MR) is 84.1 cm³/mol. The average Bonchev–Trinajstić information content (AvgIpc) is 2.49. The Bertz CT molecular complexity index is 573. The fourth-order valence-corrected chi connectivity index (χ4v) is 2.07. The van der Waals surface area contributed by atoms with Crippen molar-refractivity contribution in [2.45, 2.75) is 13.5 Å². The summed E-state index contributed by atoms with van der Waals surface area (Å²) in [5, 5.41) is 3.87. The molecule has 0 saturated heterocycles. The Morgan fingerprint density at radius 2 is 2.10 bits per heavy atom. The zero-order chi connectivity index (χ0) is 15.1. The second-order valence-corrected chi connectivity index (χ2v) is 5.04. The van der Waals surface area contributed by atoms with Gasteiger partial charge >= 0.3 is 0 Å². The van der Waals surface area contributed by atoms with Crippen LogP contribution in [0, 0.1) is 6.92 Å². The molecule has 2 aromatic rings. The van der Waals surface area contributed by atoms with Crippen molar-refractivity contribution in [3.05, 3.63) is 52.8 Å². The van der Waals surface area contributed by atoms with E-state index in [1.165, 1.54) is 0 Å². The van der Waals surface area contributed by atoms with Crippen LogP contribution in [0.5, 0.6) is 11.5 Å². The first-order chi connectivity index (χ1) is 10.2. The number of halogens is 1. The number of nitrogens with zero attached hydrogens (tertiary/aromatic N) is 1. The summed E-state index contributed by atoms with van der Waals surface area (Å²) in [5.74, 6) is 1.33. The number of aryl methyl sites for hydroxylation is 1. The monoisotopic (exact) mass is 306 g/mol. The van der Waals surface area contributed by atoms with Gasteiger partial charge in [0.1, 0.15) is 5.75 Å². The van der Waals surface area contributed by atoms with Gasteiger partial charge in [0.2, 0.25) is 0 Å². The first-order valence-corrected chi connectivity index (χ1v) is 7.16. The molecule has 1 heterocycles. The standard InChI is InChI=1S/C16H19ClN2O2/c1-12-6-7-14(11-19-12)21-16-13(4-3-5-15(16)17)10-18-8-9-20-2/h3-7,11,18H,8-10H2,1-2H3. The lowest BCUT2D eigenvalue weighted by molar-refractivity contribution is 0.199. The van der Waals surface area contributed by atoms with Crippen molar-refractivity contribution in [2.24, 2.45) is 0 Å². The molecule has 0 radical (unpaired) electrons. The summed E-state index contributed by atoms with van der Waals surface area (Å²) >= 11 is 6.25. The molecule has 21 heavy (non-hydrogen) atoms. The number of para-hydroxylation sites is 1. The molecule has 0 aliphatic heterocycles. The molecule has 0 amide bonds. The Labute approximate surface area is 130 Å². The molecule has 0 bridgehead atoms. The third-order valence-corrected chi connectivity index (χ3v) is 3.25. The van der Waals surface area contributed by atoms with E-state index in [0.717, 1.165) is 17.8 Å². The first kappa shape index (κ1) is 15.8. The summed E-state index contributed by atoms with van der Waals surface area (Å²) in [6, 6.07) is 9.51. The SMILES string of the molecule is COCCNCc1cccc(Cl)c1Oc1ccc(C)nc1. The minimum absolute atomic E-state index is 0.585. The summed E-state index contributed by atoms with van der Waals surface area (Å²) in [6.07, 6.45) is 1.70. The molecule has 112 valence electrons. The first-order valence-electron chi connectivity index (χ1n) is 6.78. The van der Waals surface area contributed by atoms with E-state index in [1.54, 1.807) is 13.3 Å². The summed E-state index contributed by atoms with van der Waals surface area (Å²) in [7, 11) is 1.68. The van der Waals surface area contributed by atoms with Gasteiger partial charge in [-0.05, 0) is 25.1 Å². The largest absolute Gasteiger partial charge is 0.454 e. The van der Waals surface area contributed by atoms with Crippen molar-refractivity contribution in [2.75, 3.05) is 20.3 Å². The highest BCUT2D eigenvalue weighted by molar-refractivity contribution is 6.32. The Morgan fingerprint density at radius 1 is 1.24 bits per heavy atom. The quantitative estimate of drug-likeness (QED) is 0.794. The molecule has 5 heteroatoms. The van der Waals surface area contributed by atoms with Crippen LogP contribution in [0.4, 0.5) is 0 Å². The Balaban J connectivity index is 2.11. The van der Waals surface area contributed by atoms with Crippen LogP contribution < -0.4 is 10.1 Å². The second kappa shape index (κ2) is 7.98. The smallest absolute Gasteiger partial charge is 0.150 e. The molecule has 0 atom stereocenters. The molecule has 1 N–H and O–H groups in total. The number of ether oxygens (including phenoxy) is 2. The second-order valence-electron chi connectivity index (χ2n) is 4.64. The van der Waals surface area contributed by atoms with Crippen molar-refractivity contribution in [3.63, 3.8) is 0 Å². The zero-order valence-electron chi connectivity index (χ0n) is 12.2. The minimum Gasteiger partial charge on any atom is -0.454 e. The number of rotatable bonds is 7. The molecule has 0 fully saturated rings. The number of aromatic nitrogens is 1. The van der Waals surface area contributed by atoms with Gasteiger partial charge in [0.25, 0.3) is 0 Å². The highest BCUT2D eigenvalue weighted by Gasteiger charge is 2.09. The number of hydrogen-bond donors (Lipinski definition) is 1. The van der Waals surface area contributed by atoms with Crippen LogP contribution >= 0.6 is 11.6 Å². The van der Waals surface area contributed by atoms with E-state index >= 15 is 0 Å². The lowest BCUT2D eigenvalue weighted by Crippen LogP contribution is -2.18. The van der Waals surface area contributed by atoms with Gasteiger partial charge in [-0.2, -0.15) is 0 Å². The van der Waals surface area contributed by atoms with Crippen molar-refractivity contribution in [1.82, 2.24) is 10.3 Å². The molecular weight excluding hydrogens is 288 g/mol. The molecular formula is C16H19ClN2O2. The predicted octanol–water partition coefficient (Wildman–Crippen LogP) is 3.57. The third-order valence-electron chi connectivity index (χ3n) is 2.95. The van der Waals surface area contributed by atoms with E-state index < -0.39 is 0 Å². The molecule has 0 saturated carbocycles. The maximum Gasteiger partial charge on any atom is 0.150 e. The number of nitrogens with one attached hydrogen (secondary N) is 1. The van der Waals surface area contributed by atoms with E-state index in [9.17, 15) is 0 Å². The maximum absolute atomic E-state index is 6.25. The lowest BCUT2D eigenvalue weighted by atomic mass is 10.2. The molecule has 0 aliphatic carbocycles. The fourth-order valence-electron chi connectivity index (χ4n) is 1.84. The van der Waals surface area contributed by atoms with Gasteiger partial charge < -0.3 is 14.8 Å². The van der Waals surface area contributed by atoms with Gasteiger partial charge in [0.05, 0.1) is 17.8 Å². The molecule has 0 spiro atoms. The van der Waals surface area contributed by atoms with Crippen molar-refractivity contribution >= 4 is 11.6 Å². The summed E-state index contributed by atoms with van der Waals surface area (Å²) in [5.41, 5.74) is 1.95. The van der Waals surface area contributed by atoms with Crippen LogP contribution in [-0.4, -0.2) is 25.2 Å². The zero-order valence-corrected chi connectivity index (χ0v) is 13.0. The van der Waals surface area contributed by atoms with Gasteiger partial charge in [-0.25, -0.2) is 0 Å². The molecule has 4 nitrogen and oxygen atoms in total.